The summed E-state index contributed by atoms with van der Waals surface area (Å²) in [5.74, 6) is -1.18. The Morgan fingerprint density at radius 3 is 2.64 bits per heavy atom. The number of nitrogens with zero attached hydrogens (tertiary/aromatic N) is 1. The van der Waals surface area contributed by atoms with Crippen molar-refractivity contribution in [3.63, 3.8) is 0 Å². The molecule has 5 heteroatoms. The smallest absolute Gasteiger partial charge is 0.308 e. The van der Waals surface area contributed by atoms with E-state index >= 15 is 0 Å². The summed E-state index contributed by atoms with van der Waals surface area (Å²) in [5, 5.41) is 15.6. The van der Waals surface area contributed by atoms with E-state index in [2.05, 4.69) is 0 Å². The van der Waals surface area contributed by atoms with Gasteiger partial charge < -0.3 is 15.7 Å². The van der Waals surface area contributed by atoms with Crippen molar-refractivity contribution in [1.82, 2.24) is 4.90 Å². The maximum atomic E-state index is 10.4. The van der Waals surface area contributed by atoms with Gasteiger partial charge in [0.1, 0.15) is 0 Å². The van der Waals surface area contributed by atoms with Gasteiger partial charge in [0.2, 0.25) is 0 Å². The highest BCUT2D eigenvalue weighted by atomic mass is 16.4. The van der Waals surface area contributed by atoms with Gasteiger partial charge in [-0.3, -0.25) is 10.2 Å². The van der Waals surface area contributed by atoms with Crippen molar-refractivity contribution in [3.05, 3.63) is 0 Å². The monoisotopic (exact) mass is 157 g/mol. The number of rotatable bonds is 1. The van der Waals surface area contributed by atoms with E-state index in [-0.39, 0.29) is 11.9 Å². The number of carbonyl (C=O) groups is 1. The predicted molar refractivity (Wildman–Crippen MR) is 39.2 cm³/mol. The van der Waals surface area contributed by atoms with Gasteiger partial charge in [0.05, 0.1) is 5.92 Å². The highest BCUT2D eigenvalue weighted by molar-refractivity contribution is 5.77. The molecule has 62 valence electrons. The molecule has 4 N–H and O–H groups in total. The normalized spacial score (nSPS) is 23.6. The summed E-state index contributed by atoms with van der Waals surface area (Å²) in [6.07, 6.45) is 0.592. The molecule has 0 unspecified atom stereocenters. The van der Waals surface area contributed by atoms with Gasteiger partial charge in [-0.1, -0.05) is 0 Å². The fourth-order valence-corrected chi connectivity index (χ4v) is 1.18. The fraction of sp³-hybridized carbons (Fsp3) is 0.667. The molecule has 1 aliphatic heterocycles. The topological polar surface area (TPSA) is 90.4 Å². The molecule has 11 heavy (non-hydrogen) atoms. The summed E-state index contributed by atoms with van der Waals surface area (Å²) in [7, 11) is 0. The molecule has 1 fully saturated rings. The Morgan fingerprint density at radius 2 is 2.36 bits per heavy atom. The third-order valence-corrected chi connectivity index (χ3v) is 1.88. The second-order valence-electron chi connectivity index (χ2n) is 2.66. The molecule has 0 amide bonds. The van der Waals surface area contributed by atoms with E-state index in [0.717, 1.165) is 0 Å². The summed E-state index contributed by atoms with van der Waals surface area (Å²) in [4.78, 5) is 12.0. The Hall–Kier alpha value is -1.26. The van der Waals surface area contributed by atoms with Gasteiger partial charge >= 0.3 is 5.97 Å². The molecule has 1 aliphatic rings. The third-order valence-electron chi connectivity index (χ3n) is 1.88. The standard InChI is InChI=1S/C6H11N3O2/c7-6(8)9-2-1-4(3-9)5(10)11/h4H,1-3H2,(H3,7,8)(H,10,11)/t4-/m1/s1. The van der Waals surface area contributed by atoms with Gasteiger partial charge in [0, 0.05) is 13.1 Å². The molecule has 5 nitrogen and oxygen atoms in total. The Bertz CT molecular complexity index is 172. The first kappa shape index (κ1) is 7.84. The SMILES string of the molecule is N=C(N)N1CC[C@@H](C(=O)O)C1. The molecule has 0 aromatic heterocycles. The lowest BCUT2D eigenvalue weighted by Gasteiger charge is -2.13. The highest BCUT2D eigenvalue weighted by Gasteiger charge is 2.28. The summed E-state index contributed by atoms with van der Waals surface area (Å²) in [6.45, 7) is 0.969. The van der Waals surface area contributed by atoms with Crippen molar-refractivity contribution in [3.8, 4) is 0 Å². The summed E-state index contributed by atoms with van der Waals surface area (Å²) in [5.41, 5.74) is 5.18. The Labute approximate surface area is 64.3 Å². The maximum Gasteiger partial charge on any atom is 0.308 e. The van der Waals surface area contributed by atoms with Crippen LogP contribution in [0.15, 0.2) is 0 Å². The zero-order valence-electron chi connectivity index (χ0n) is 6.08. The molecule has 1 heterocycles. The number of carboxylic acid groups (broad SMARTS) is 1. The summed E-state index contributed by atoms with van der Waals surface area (Å²) < 4.78 is 0. The van der Waals surface area contributed by atoms with Crippen molar-refractivity contribution in [2.24, 2.45) is 11.7 Å². The van der Waals surface area contributed by atoms with Crippen LogP contribution in [0.3, 0.4) is 0 Å². The van der Waals surface area contributed by atoms with Gasteiger partial charge in [-0.2, -0.15) is 0 Å². The first-order valence-corrected chi connectivity index (χ1v) is 3.43. The van der Waals surface area contributed by atoms with Crippen LogP contribution in [0.2, 0.25) is 0 Å². The summed E-state index contributed by atoms with van der Waals surface area (Å²) in [6, 6.07) is 0. The Balaban J connectivity index is 2.47. The van der Waals surface area contributed by atoms with Crippen LogP contribution in [0.4, 0.5) is 0 Å². The van der Waals surface area contributed by atoms with E-state index < -0.39 is 5.97 Å². The van der Waals surface area contributed by atoms with E-state index in [4.69, 9.17) is 16.2 Å². The number of hydrogen-bond donors (Lipinski definition) is 3. The van der Waals surface area contributed by atoms with Crippen LogP contribution in [-0.4, -0.2) is 35.0 Å². The molecular formula is C6H11N3O2. The number of guanidine groups is 1. The number of likely N-dealkylation sites (tertiary alicyclic amines) is 1. The van der Waals surface area contributed by atoms with Crippen molar-refractivity contribution >= 4 is 11.9 Å². The minimum Gasteiger partial charge on any atom is -0.481 e. The van der Waals surface area contributed by atoms with Crippen LogP contribution in [0.1, 0.15) is 6.42 Å². The van der Waals surface area contributed by atoms with Crippen LogP contribution in [0.25, 0.3) is 0 Å². The molecule has 1 rings (SSSR count). The summed E-state index contributed by atoms with van der Waals surface area (Å²) >= 11 is 0. The molecule has 0 radical (unpaired) electrons. The van der Waals surface area contributed by atoms with Crippen LogP contribution >= 0.6 is 0 Å². The minimum absolute atomic E-state index is 0.0336. The highest BCUT2D eigenvalue weighted by Crippen LogP contribution is 2.14. The molecule has 0 aliphatic carbocycles. The first-order valence-electron chi connectivity index (χ1n) is 3.43. The van der Waals surface area contributed by atoms with Crippen molar-refractivity contribution in [2.75, 3.05) is 13.1 Å². The minimum atomic E-state index is -0.797. The Morgan fingerprint density at radius 1 is 1.73 bits per heavy atom. The van der Waals surface area contributed by atoms with Gasteiger partial charge in [0.15, 0.2) is 5.96 Å². The third kappa shape index (κ3) is 1.60. The molecular weight excluding hydrogens is 146 g/mol. The number of nitrogens with two attached hydrogens (primary N) is 1. The fourth-order valence-electron chi connectivity index (χ4n) is 1.18. The molecule has 1 atom stereocenters. The van der Waals surface area contributed by atoms with Gasteiger partial charge in [0.25, 0.3) is 0 Å². The molecule has 0 aromatic rings. The second kappa shape index (κ2) is 2.77. The first-order chi connectivity index (χ1) is 5.11. The molecule has 1 saturated heterocycles. The molecule has 0 saturated carbocycles. The van der Waals surface area contributed by atoms with Crippen molar-refractivity contribution in [1.29, 1.82) is 5.41 Å². The lowest BCUT2D eigenvalue weighted by atomic mass is 10.1. The zero-order valence-corrected chi connectivity index (χ0v) is 6.08. The quantitative estimate of drug-likeness (QED) is 0.346. The van der Waals surface area contributed by atoms with E-state index in [0.29, 0.717) is 19.5 Å². The van der Waals surface area contributed by atoms with Gasteiger partial charge in [-0.05, 0) is 6.42 Å². The number of aliphatic carboxylic acids is 1. The number of nitrogens with one attached hydrogen (secondary N) is 1. The zero-order chi connectivity index (χ0) is 8.43. The number of carboxylic acids is 1. The van der Waals surface area contributed by atoms with Gasteiger partial charge in [-0.15, -0.1) is 0 Å². The lowest BCUT2D eigenvalue weighted by molar-refractivity contribution is -0.141. The Kier molecular flexibility index (Phi) is 1.98. The maximum absolute atomic E-state index is 10.4. The lowest BCUT2D eigenvalue weighted by Crippen LogP contribution is -2.35. The largest absolute Gasteiger partial charge is 0.481 e. The predicted octanol–water partition coefficient (Wildman–Crippen LogP) is -0.714. The molecule has 0 spiro atoms. The van der Waals surface area contributed by atoms with E-state index in [1.54, 1.807) is 4.90 Å². The van der Waals surface area contributed by atoms with E-state index in [1.165, 1.54) is 0 Å². The van der Waals surface area contributed by atoms with Crippen molar-refractivity contribution < 1.29 is 9.90 Å². The van der Waals surface area contributed by atoms with E-state index in [1.807, 2.05) is 0 Å². The molecule has 0 bridgehead atoms. The average Bonchev–Trinajstić information content (AvgIpc) is 2.33. The second-order valence-corrected chi connectivity index (χ2v) is 2.66. The van der Waals surface area contributed by atoms with Gasteiger partial charge in [-0.25, -0.2) is 0 Å². The molecule has 0 aromatic carbocycles. The van der Waals surface area contributed by atoms with E-state index in [9.17, 15) is 4.79 Å². The number of hydrogen-bond acceptors (Lipinski definition) is 2. The van der Waals surface area contributed by atoms with Crippen LogP contribution in [0.5, 0.6) is 0 Å². The van der Waals surface area contributed by atoms with Crippen LogP contribution < -0.4 is 5.73 Å². The van der Waals surface area contributed by atoms with Crippen LogP contribution in [0, 0.1) is 11.3 Å². The van der Waals surface area contributed by atoms with Crippen molar-refractivity contribution in [2.45, 2.75) is 6.42 Å². The van der Waals surface area contributed by atoms with Crippen LogP contribution in [-0.2, 0) is 4.79 Å². The average molecular weight is 157 g/mol.